The largest absolute Gasteiger partial charge is 0.490 e. The van der Waals surface area contributed by atoms with Gasteiger partial charge in [-0.1, -0.05) is 0 Å². The van der Waals surface area contributed by atoms with Crippen LogP contribution in [0, 0.1) is 5.92 Å². The van der Waals surface area contributed by atoms with E-state index in [1.807, 2.05) is 18.2 Å². The van der Waals surface area contributed by atoms with E-state index in [1.165, 1.54) is 12.8 Å². The van der Waals surface area contributed by atoms with Crippen molar-refractivity contribution in [3.63, 3.8) is 0 Å². The molecule has 1 aromatic rings. The summed E-state index contributed by atoms with van der Waals surface area (Å²) in [6.45, 7) is 4.32. The van der Waals surface area contributed by atoms with E-state index in [9.17, 15) is 4.79 Å². The van der Waals surface area contributed by atoms with Crippen LogP contribution in [0.2, 0.25) is 0 Å². The first-order valence-electron chi connectivity index (χ1n) is 8.81. The third-order valence-electron chi connectivity index (χ3n) is 4.30. The summed E-state index contributed by atoms with van der Waals surface area (Å²) in [5, 5.41) is 6.43. The predicted octanol–water partition coefficient (Wildman–Crippen LogP) is 2.45. The lowest BCUT2D eigenvalue weighted by atomic mass is 10.00. The Bertz CT molecular complexity index is 547. The molecule has 1 aromatic carbocycles. The van der Waals surface area contributed by atoms with Gasteiger partial charge in [0.2, 0.25) is 5.91 Å². The molecular weight excluding hydrogens is 324 g/mol. The van der Waals surface area contributed by atoms with Crippen molar-refractivity contribution in [1.82, 2.24) is 10.6 Å². The lowest BCUT2D eigenvalue weighted by Gasteiger charge is -2.22. The zero-order valence-electron chi connectivity index (χ0n) is 14.0. The van der Waals surface area contributed by atoms with Crippen LogP contribution in [0.15, 0.2) is 23.1 Å². The summed E-state index contributed by atoms with van der Waals surface area (Å²) in [6.07, 6.45) is 3.87. The Morgan fingerprint density at radius 2 is 2.12 bits per heavy atom. The molecule has 1 atom stereocenters. The fourth-order valence-electron chi connectivity index (χ4n) is 2.94. The van der Waals surface area contributed by atoms with Crippen LogP contribution in [0.5, 0.6) is 11.5 Å². The number of hydrogen-bond donors (Lipinski definition) is 2. The number of rotatable bonds is 6. The number of fused-ring (bicyclic) bond motifs is 1. The average Bonchev–Trinajstić information content (AvgIpc) is 2.86. The van der Waals surface area contributed by atoms with Gasteiger partial charge in [0.25, 0.3) is 0 Å². The minimum Gasteiger partial charge on any atom is -0.490 e. The first-order valence-corrected chi connectivity index (χ1v) is 9.80. The van der Waals surface area contributed by atoms with Crippen molar-refractivity contribution >= 4 is 17.7 Å². The zero-order valence-corrected chi connectivity index (χ0v) is 14.8. The maximum absolute atomic E-state index is 12.0. The lowest BCUT2D eigenvalue weighted by Crippen LogP contribution is -2.38. The molecule has 0 aromatic heterocycles. The molecule has 24 heavy (non-hydrogen) atoms. The Labute approximate surface area is 147 Å². The number of nitrogens with one attached hydrogen (secondary N) is 2. The van der Waals surface area contributed by atoms with Crippen LogP contribution in [0.25, 0.3) is 0 Å². The van der Waals surface area contributed by atoms with Gasteiger partial charge in [0.15, 0.2) is 11.5 Å². The molecule has 1 saturated heterocycles. The normalized spacial score (nSPS) is 20.2. The molecule has 6 heteroatoms. The lowest BCUT2D eigenvalue weighted by molar-refractivity contribution is -0.120. The summed E-state index contributed by atoms with van der Waals surface area (Å²) < 4.78 is 11.3. The topological polar surface area (TPSA) is 59.6 Å². The highest BCUT2D eigenvalue weighted by Gasteiger charge is 2.14. The molecule has 1 amide bonds. The highest BCUT2D eigenvalue weighted by Crippen LogP contribution is 2.33. The molecule has 2 heterocycles. The minimum atomic E-state index is 0.141. The molecule has 132 valence electrons. The van der Waals surface area contributed by atoms with Crippen LogP contribution < -0.4 is 20.1 Å². The van der Waals surface area contributed by atoms with E-state index >= 15 is 0 Å². The Kier molecular flexibility index (Phi) is 6.66. The number of carbonyl (C=O) groups is 1. The van der Waals surface area contributed by atoms with Crippen molar-refractivity contribution in [2.45, 2.75) is 30.6 Å². The van der Waals surface area contributed by atoms with Crippen LogP contribution in [-0.4, -0.2) is 44.5 Å². The summed E-state index contributed by atoms with van der Waals surface area (Å²) in [5.41, 5.74) is 0. The highest BCUT2D eigenvalue weighted by atomic mass is 32.2. The molecule has 0 radical (unpaired) electrons. The molecule has 3 rings (SSSR count). The van der Waals surface area contributed by atoms with Gasteiger partial charge in [0.05, 0.1) is 13.2 Å². The molecule has 2 aliphatic heterocycles. The monoisotopic (exact) mass is 350 g/mol. The predicted molar refractivity (Wildman–Crippen MR) is 96.0 cm³/mol. The van der Waals surface area contributed by atoms with E-state index in [4.69, 9.17) is 9.47 Å². The molecule has 2 aliphatic rings. The summed E-state index contributed by atoms with van der Waals surface area (Å²) >= 11 is 1.68. The third-order valence-corrected chi connectivity index (χ3v) is 5.30. The van der Waals surface area contributed by atoms with Crippen LogP contribution in [0.4, 0.5) is 0 Å². The smallest absolute Gasteiger partial charge is 0.220 e. The maximum atomic E-state index is 12.0. The van der Waals surface area contributed by atoms with Crippen LogP contribution in [0.1, 0.15) is 25.7 Å². The van der Waals surface area contributed by atoms with Crippen LogP contribution in [0.3, 0.4) is 0 Å². The SMILES string of the molecule is O=C(CCSc1ccc2c(c1)OCCCO2)NCC1CCCNC1. The van der Waals surface area contributed by atoms with Crippen molar-refractivity contribution in [3.8, 4) is 11.5 Å². The van der Waals surface area contributed by atoms with Gasteiger partial charge < -0.3 is 20.1 Å². The van der Waals surface area contributed by atoms with E-state index in [1.54, 1.807) is 11.8 Å². The Hall–Kier alpha value is -1.40. The number of amides is 1. The second kappa shape index (κ2) is 9.18. The van der Waals surface area contributed by atoms with Gasteiger partial charge >= 0.3 is 0 Å². The molecule has 0 aliphatic carbocycles. The van der Waals surface area contributed by atoms with Crippen LogP contribution >= 0.6 is 11.8 Å². The van der Waals surface area contributed by atoms with E-state index in [2.05, 4.69) is 10.6 Å². The van der Waals surface area contributed by atoms with Gasteiger partial charge in [-0.15, -0.1) is 11.8 Å². The van der Waals surface area contributed by atoms with Crippen molar-refractivity contribution in [2.75, 3.05) is 38.6 Å². The second-order valence-electron chi connectivity index (χ2n) is 6.27. The summed E-state index contributed by atoms with van der Waals surface area (Å²) in [7, 11) is 0. The molecule has 0 bridgehead atoms. The van der Waals surface area contributed by atoms with E-state index in [0.29, 0.717) is 25.6 Å². The Morgan fingerprint density at radius 3 is 2.96 bits per heavy atom. The van der Waals surface area contributed by atoms with Crippen LogP contribution in [-0.2, 0) is 4.79 Å². The number of piperidine rings is 1. The standard InChI is InChI=1S/C18H26N2O3S/c21-18(20-13-14-3-1-7-19-12-14)6-10-24-15-4-5-16-17(11-15)23-9-2-8-22-16/h4-5,11,14,19H,1-3,6-10,12-13H2,(H,20,21). The highest BCUT2D eigenvalue weighted by molar-refractivity contribution is 7.99. The fourth-order valence-corrected chi connectivity index (χ4v) is 3.82. The molecule has 1 fully saturated rings. The van der Waals surface area contributed by atoms with Gasteiger partial charge in [0, 0.05) is 30.0 Å². The van der Waals surface area contributed by atoms with Gasteiger partial charge in [-0.05, 0) is 50.0 Å². The van der Waals surface area contributed by atoms with Gasteiger partial charge in [-0.25, -0.2) is 0 Å². The van der Waals surface area contributed by atoms with Crippen molar-refractivity contribution in [3.05, 3.63) is 18.2 Å². The molecule has 5 nitrogen and oxygen atoms in total. The van der Waals surface area contributed by atoms with Gasteiger partial charge in [0.1, 0.15) is 0 Å². The number of ether oxygens (including phenoxy) is 2. The summed E-state index contributed by atoms with van der Waals surface area (Å²) in [6, 6.07) is 6.00. The Morgan fingerprint density at radius 1 is 1.25 bits per heavy atom. The van der Waals surface area contributed by atoms with Gasteiger partial charge in [-0.3, -0.25) is 4.79 Å². The summed E-state index contributed by atoms with van der Waals surface area (Å²) in [5.74, 6) is 3.12. The van der Waals surface area contributed by atoms with Crippen molar-refractivity contribution < 1.29 is 14.3 Å². The van der Waals surface area contributed by atoms with Crippen molar-refractivity contribution in [1.29, 1.82) is 0 Å². The van der Waals surface area contributed by atoms with E-state index < -0.39 is 0 Å². The summed E-state index contributed by atoms with van der Waals surface area (Å²) in [4.78, 5) is 13.1. The molecule has 1 unspecified atom stereocenters. The molecular formula is C18H26N2O3S. The second-order valence-corrected chi connectivity index (χ2v) is 7.44. The quantitative estimate of drug-likeness (QED) is 0.772. The number of benzene rings is 1. The zero-order chi connectivity index (χ0) is 16.6. The molecule has 2 N–H and O–H groups in total. The number of thioether (sulfide) groups is 1. The van der Waals surface area contributed by atoms with Crippen molar-refractivity contribution in [2.24, 2.45) is 5.92 Å². The number of carbonyl (C=O) groups excluding carboxylic acids is 1. The average molecular weight is 350 g/mol. The van der Waals surface area contributed by atoms with E-state index in [-0.39, 0.29) is 5.91 Å². The fraction of sp³-hybridized carbons (Fsp3) is 0.611. The van der Waals surface area contributed by atoms with Gasteiger partial charge in [-0.2, -0.15) is 0 Å². The van der Waals surface area contributed by atoms with E-state index in [0.717, 1.165) is 48.2 Å². The Balaban J connectivity index is 1.38. The first kappa shape index (κ1) is 17.4. The third kappa shape index (κ3) is 5.31. The minimum absolute atomic E-state index is 0.141. The maximum Gasteiger partial charge on any atom is 0.220 e. The first-order chi connectivity index (χ1) is 11.8. The molecule has 0 saturated carbocycles. The number of hydrogen-bond acceptors (Lipinski definition) is 5. The molecule has 0 spiro atoms.